The minimum atomic E-state index is -3.83. The molecular formula is C23H31N3O4S. The van der Waals surface area contributed by atoms with Crippen LogP contribution in [0.25, 0.3) is 0 Å². The number of benzene rings is 2. The van der Waals surface area contributed by atoms with Crippen molar-refractivity contribution in [1.29, 1.82) is 0 Å². The first-order valence-electron chi connectivity index (χ1n) is 10.2. The molecule has 0 aliphatic carbocycles. The van der Waals surface area contributed by atoms with Crippen molar-refractivity contribution >= 4 is 21.8 Å². The van der Waals surface area contributed by atoms with Crippen LogP contribution in [-0.2, 0) is 26.2 Å². The number of nitrogens with one attached hydrogen (secondary N) is 1. The minimum Gasteiger partial charge on any atom is -0.355 e. The van der Waals surface area contributed by atoms with Gasteiger partial charge in [0, 0.05) is 20.1 Å². The number of sulfonamides is 1. The second kappa shape index (κ2) is 10.5. The Morgan fingerprint density at radius 3 is 2.00 bits per heavy atom. The Morgan fingerprint density at radius 2 is 1.48 bits per heavy atom. The van der Waals surface area contributed by atoms with E-state index in [0.717, 1.165) is 21.0 Å². The van der Waals surface area contributed by atoms with E-state index in [0.29, 0.717) is 6.54 Å². The highest BCUT2D eigenvalue weighted by molar-refractivity contribution is 7.89. The molecule has 0 aliphatic rings. The molecule has 1 N–H and O–H groups in total. The van der Waals surface area contributed by atoms with Crippen LogP contribution in [0.1, 0.15) is 30.5 Å². The number of likely N-dealkylation sites (N-methyl/N-ethyl adjacent to an activating group) is 2. The van der Waals surface area contributed by atoms with Crippen LogP contribution in [0.3, 0.4) is 0 Å². The third kappa shape index (κ3) is 6.38. The molecule has 0 unspecified atom stereocenters. The first-order chi connectivity index (χ1) is 14.6. The van der Waals surface area contributed by atoms with Gasteiger partial charge >= 0.3 is 0 Å². The molecule has 8 heteroatoms. The van der Waals surface area contributed by atoms with Crippen LogP contribution in [0.4, 0.5) is 0 Å². The SMILES string of the molecule is CCNC(=O)[C@@H](C)N(Cc1ccc(C)cc1)C(=O)CN(C)S(=O)(=O)c1ccc(C)cc1. The first-order valence-corrected chi connectivity index (χ1v) is 11.7. The van der Waals surface area contributed by atoms with Crippen molar-refractivity contribution < 1.29 is 18.0 Å². The minimum absolute atomic E-state index is 0.121. The molecule has 7 nitrogen and oxygen atoms in total. The molecule has 0 bridgehead atoms. The van der Waals surface area contributed by atoms with Gasteiger partial charge in [-0.25, -0.2) is 8.42 Å². The van der Waals surface area contributed by atoms with Gasteiger partial charge in [0.1, 0.15) is 6.04 Å². The summed E-state index contributed by atoms with van der Waals surface area (Å²) in [6.07, 6.45) is 0. The van der Waals surface area contributed by atoms with Gasteiger partial charge in [-0.15, -0.1) is 0 Å². The van der Waals surface area contributed by atoms with E-state index in [1.54, 1.807) is 26.0 Å². The fourth-order valence-electron chi connectivity index (χ4n) is 3.05. The topological polar surface area (TPSA) is 86.8 Å². The number of carbonyl (C=O) groups excluding carboxylic acids is 2. The lowest BCUT2D eigenvalue weighted by atomic mass is 10.1. The predicted octanol–water partition coefficient (Wildman–Crippen LogP) is 2.48. The largest absolute Gasteiger partial charge is 0.355 e. The molecule has 0 saturated carbocycles. The molecule has 31 heavy (non-hydrogen) atoms. The van der Waals surface area contributed by atoms with Gasteiger partial charge in [0.2, 0.25) is 21.8 Å². The molecule has 2 aromatic carbocycles. The maximum atomic E-state index is 13.1. The second-order valence-corrected chi connectivity index (χ2v) is 9.70. The van der Waals surface area contributed by atoms with Crippen molar-refractivity contribution in [1.82, 2.24) is 14.5 Å². The van der Waals surface area contributed by atoms with Gasteiger partial charge in [-0.1, -0.05) is 47.5 Å². The molecule has 0 aromatic heterocycles. The summed E-state index contributed by atoms with van der Waals surface area (Å²) in [6, 6.07) is 13.4. The quantitative estimate of drug-likeness (QED) is 0.642. The summed E-state index contributed by atoms with van der Waals surface area (Å²) in [6.45, 7) is 7.56. The zero-order chi connectivity index (χ0) is 23.2. The van der Waals surface area contributed by atoms with E-state index >= 15 is 0 Å². The molecule has 0 aliphatic heterocycles. The summed E-state index contributed by atoms with van der Waals surface area (Å²) < 4.78 is 26.8. The van der Waals surface area contributed by atoms with Crippen molar-refractivity contribution in [2.75, 3.05) is 20.1 Å². The summed E-state index contributed by atoms with van der Waals surface area (Å²) in [5.74, 6) is -0.732. The average Bonchev–Trinajstić information content (AvgIpc) is 2.73. The van der Waals surface area contributed by atoms with Crippen LogP contribution in [0.5, 0.6) is 0 Å². The molecule has 168 valence electrons. The number of nitrogens with zero attached hydrogens (tertiary/aromatic N) is 2. The average molecular weight is 446 g/mol. The number of rotatable bonds is 9. The van der Waals surface area contributed by atoms with Gasteiger partial charge in [0.05, 0.1) is 11.4 Å². The van der Waals surface area contributed by atoms with Gasteiger partial charge < -0.3 is 10.2 Å². The van der Waals surface area contributed by atoms with E-state index in [2.05, 4.69) is 5.32 Å². The van der Waals surface area contributed by atoms with E-state index in [-0.39, 0.29) is 23.9 Å². The van der Waals surface area contributed by atoms with Crippen molar-refractivity contribution in [3.63, 3.8) is 0 Å². The van der Waals surface area contributed by atoms with Crippen molar-refractivity contribution in [2.24, 2.45) is 0 Å². The molecule has 2 aromatic rings. The van der Waals surface area contributed by atoms with E-state index in [4.69, 9.17) is 0 Å². The fourth-order valence-corrected chi connectivity index (χ4v) is 4.17. The summed E-state index contributed by atoms with van der Waals surface area (Å²) in [4.78, 5) is 27.1. The molecule has 0 radical (unpaired) electrons. The molecule has 0 fully saturated rings. The third-order valence-corrected chi connectivity index (χ3v) is 6.90. The predicted molar refractivity (Wildman–Crippen MR) is 121 cm³/mol. The van der Waals surface area contributed by atoms with Crippen LogP contribution in [0.2, 0.25) is 0 Å². The zero-order valence-corrected chi connectivity index (χ0v) is 19.6. The van der Waals surface area contributed by atoms with Gasteiger partial charge in [0.15, 0.2) is 0 Å². The summed E-state index contributed by atoms with van der Waals surface area (Å²) in [7, 11) is -2.46. The number of amides is 2. The van der Waals surface area contributed by atoms with Crippen LogP contribution in [0, 0.1) is 13.8 Å². The molecular weight excluding hydrogens is 414 g/mol. The smallest absolute Gasteiger partial charge is 0.243 e. The standard InChI is InChI=1S/C23H31N3O4S/c1-6-24-23(28)19(4)26(15-20-11-7-17(2)8-12-20)22(27)16-25(5)31(29,30)21-13-9-18(3)10-14-21/h7-14,19H,6,15-16H2,1-5H3,(H,24,28)/t19-/m1/s1. The summed E-state index contributed by atoms with van der Waals surface area (Å²) in [5, 5.41) is 2.73. The van der Waals surface area contributed by atoms with Gasteiger partial charge in [0.25, 0.3) is 0 Å². The lowest BCUT2D eigenvalue weighted by Crippen LogP contribution is -2.50. The Morgan fingerprint density at radius 1 is 0.968 bits per heavy atom. The molecule has 0 heterocycles. The molecule has 1 atom stereocenters. The van der Waals surface area contributed by atoms with E-state index < -0.39 is 22.0 Å². The Kier molecular flexibility index (Phi) is 8.36. The molecule has 0 saturated heterocycles. The molecule has 0 spiro atoms. The maximum Gasteiger partial charge on any atom is 0.243 e. The number of hydrogen-bond donors (Lipinski definition) is 1. The van der Waals surface area contributed by atoms with Crippen molar-refractivity contribution in [2.45, 2.75) is 45.2 Å². The van der Waals surface area contributed by atoms with Crippen LogP contribution < -0.4 is 5.32 Å². The van der Waals surface area contributed by atoms with E-state index in [9.17, 15) is 18.0 Å². The van der Waals surface area contributed by atoms with Gasteiger partial charge in [-0.05, 0) is 45.4 Å². The fraction of sp³-hybridized carbons (Fsp3) is 0.391. The van der Waals surface area contributed by atoms with Crippen LogP contribution in [-0.4, -0.2) is 55.6 Å². The first kappa shape index (κ1) is 24.6. The van der Waals surface area contributed by atoms with E-state index in [1.165, 1.54) is 24.1 Å². The van der Waals surface area contributed by atoms with Crippen molar-refractivity contribution in [3.05, 3.63) is 65.2 Å². The zero-order valence-electron chi connectivity index (χ0n) is 18.8. The van der Waals surface area contributed by atoms with Crippen LogP contribution >= 0.6 is 0 Å². The summed E-state index contributed by atoms with van der Waals surface area (Å²) in [5.41, 5.74) is 2.89. The Hall–Kier alpha value is -2.71. The molecule has 2 rings (SSSR count). The monoisotopic (exact) mass is 445 g/mol. The highest BCUT2D eigenvalue weighted by atomic mass is 32.2. The van der Waals surface area contributed by atoms with Gasteiger partial charge in [-0.3, -0.25) is 9.59 Å². The Bertz CT molecular complexity index is 1000. The third-order valence-electron chi connectivity index (χ3n) is 5.08. The lowest BCUT2D eigenvalue weighted by molar-refractivity contribution is -0.140. The second-order valence-electron chi connectivity index (χ2n) is 7.65. The summed E-state index contributed by atoms with van der Waals surface area (Å²) >= 11 is 0. The number of aryl methyl sites for hydroxylation is 2. The Balaban J connectivity index is 2.25. The van der Waals surface area contributed by atoms with Crippen molar-refractivity contribution in [3.8, 4) is 0 Å². The lowest BCUT2D eigenvalue weighted by Gasteiger charge is -2.30. The maximum absolute atomic E-state index is 13.1. The van der Waals surface area contributed by atoms with Crippen LogP contribution in [0.15, 0.2) is 53.4 Å². The van der Waals surface area contributed by atoms with E-state index in [1.807, 2.05) is 38.1 Å². The van der Waals surface area contributed by atoms with Gasteiger partial charge in [-0.2, -0.15) is 4.31 Å². The Labute approximate surface area is 185 Å². The highest BCUT2D eigenvalue weighted by Gasteiger charge is 2.30. The number of hydrogen-bond acceptors (Lipinski definition) is 4. The molecule has 2 amide bonds. The number of carbonyl (C=O) groups is 2. The normalized spacial score (nSPS) is 12.5. The highest BCUT2D eigenvalue weighted by Crippen LogP contribution is 2.17.